The molecule has 0 radical (unpaired) electrons. The number of hydrogen-bond donors (Lipinski definition) is 0. The second kappa shape index (κ2) is 6.82. The van der Waals surface area contributed by atoms with Crippen molar-refractivity contribution in [2.45, 2.75) is 34.6 Å². The van der Waals surface area contributed by atoms with E-state index in [0.29, 0.717) is 5.52 Å². The number of aromatic nitrogens is 3. The third-order valence-electron chi connectivity index (χ3n) is 1.93. The van der Waals surface area contributed by atoms with E-state index in [1.165, 1.54) is 0 Å². The summed E-state index contributed by atoms with van der Waals surface area (Å²) in [6, 6.07) is 0. The van der Waals surface area contributed by atoms with Gasteiger partial charge in [0, 0.05) is 25.0 Å². The summed E-state index contributed by atoms with van der Waals surface area (Å²) in [4.78, 5) is 11.5. The van der Waals surface area contributed by atoms with Crippen molar-refractivity contribution in [3.05, 3.63) is 34.5 Å². The Morgan fingerprint density at radius 2 is 1.69 bits per heavy atom. The first kappa shape index (κ1) is 14.4. The number of hydrogen-bond acceptors (Lipinski definition) is 2. The molecule has 0 amide bonds. The zero-order chi connectivity index (χ0) is 12.7. The summed E-state index contributed by atoms with van der Waals surface area (Å²) >= 11 is 0. The molecule has 2 aromatic rings. The minimum atomic E-state index is -0.00694. The summed E-state index contributed by atoms with van der Waals surface area (Å²) in [5.41, 5.74) is 1.56. The molecule has 0 unspecified atom stereocenters. The smallest absolute Gasteiger partial charge is 0.276 e. The second-order valence-electron chi connectivity index (χ2n) is 2.83. The average molecular weight is 223 g/mol. The van der Waals surface area contributed by atoms with Gasteiger partial charge in [0.2, 0.25) is 0 Å². The normalized spacial score (nSPS) is 8.88. The van der Waals surface area contributed by atoms with E-state index in [-0.39, 0.29) is 5.56 Å². The van der Waals surface area contributed by atoms with E-state index < -0.39 is 0 Å². The molecule has 16 heavy (non-hydrogen) atoms. The SMILES string of the molecule is CC.CC.Cc1cnn2ccn(C)c(=O)c12. The zero-order valence-electron chi connectivity index (χ0n) is 11.0. The van der Waals surface area contributed by atoms with Crippen molar-refractivity contribution < 1.29 is 0 Å². The fraction of sp³-hybridized carbons (Fsp3) is 0.500. The average Bonchev–Trinajstić information content (AvgIpc) is 2.72. The summed E-state index contributed by atoms with van der Waals surface area (Å²) in [6.07, 6.45) is 5.16. The summed E-state index contributed by atoms with van der Waals surface area (Å²) in [6.45, 7) is 9.88. The van der Waals surface area contributed by atoms with Gasteiger partial charge in [-0.15, -0.1) is 0 Å². The van der Waals surface area contributed by atoms with E-state index >= 15 is 0 Å². The van der Waals surface area contributed by atoms with Crippen molar-refractivity contribution in [2.75, 3.05) is 0 Å². The van der Waals surface area contributed by atoms with Gasteiger partial charge in [0.25, 0.3) is 5.56 Å². The van der Waals surface area contributed by atoms with Crippen LogP contribution < -0.4 is 5.56 Å². The molecule has 0 fully saturated rings. The summed E-state index contributed by atoms with van der Waals surface area (Å²) in [5, 5.41) is 4.02. The Kier molecular flexibility index (Phi) is 6.15. The van der Waals surface area contributed by atoms with E-state index in [1.807, 2.05) is 34.6 Å². The van der Waals surface area contributed by atoms with Crippen molar-refractivity contribution in [1.29, 1.82) is 0 Å². The highest BCUT2D eigenvalue weighted by molar-refractivity contribution is 5.50. The maximum absolute atomic E-state index is 11.5. The number of fused-ring (bicyclic) bond motifs is 1. The van der Waals surface area contributed by atoms with Crippen LogP contribution in [0.5, 0.6) is 0 Å². The Hall–Kier alpha value is -1.58. The Labute approximate surface area is 96.5 Å². The number of nitrogens with zero attached hydrogens (tertiary/aromatic N) is 3. The maximum atomic E-state index is 11.5. The molecule has 0 saturated heterocycles. The van der Waals surface area contributed by atoms with Crippen LogP contribution in [0.1, 0.15) is 33.3 Å². The minimum Gasteiger partial charge on any atom is -0.315 e. The fourth-order valence-corrected chi connectivity index (χ4v) is 1.23. The van der Waals surface area contributed by atoms with Crippen LogP contribution in [-0.4, -0.2) is 14.2 Å². The standard InChI is InChI=1S/C8H9N3O.2C2H6/c1-6-5-9-11-4-3-10(2)8(12)7(6)11;2*1-2/h3-5H,1-2H3;2*1-2H3. The lowest BCUT2D eigenvalue weighted by Gasteiger charge is -1.97. The third kappa shape index (κ3) is 2.72. The zero-order valence-corrected chi connectivity index (χ0v) is 11.0. The molecule has 0 aliphatic heterocycles. The molecular weight excluding hydrogens is 202 g/mol. The summed E-state index contributed by atoms with van der Waals surface area (Å²) < 4.78 is 3.14. The second-order valence-corrected chi connectivity index (χ2v) is 2.83. The van der Waals surface area contributed by atoms with Gasteiger partial charge in [0.15, 0.2) is 0 Å². The first-order valence-corrected chi connectivity index (χ1v) is 5.70. The van der Waals surface area contributed by atoms with E-state index in [1.54, 1.807) is 34.7 Å². The van der Waals surface area contributed by atoms with Crippen LogP contribution >= 0.6 is 0 Å². The van der Waals surface area contributed by atoms with Gasteiger partial charge < -0.3 is 4.57 Å². The number of rotatable bonds is 0. The predicted molar refractivity (Wildman–Crippen MR) is 67.9 cm³/mol. The molecule has 0 aliphatic rings. The molecule has 2 aromatic heterocycles. The van der Waals surface area contributed by atoms with Gasteiger partial charge in [-0.05, 0) is 6.92 Å². The van der Waals surface area contributed by atoms with Crippen LogP contribution in [-0.2, 0) is 7.05 Å². The topological polar surface area (TPSA) is 39.3 Å². The van der Waals surface area contributed by atoms with Gasteiger partial charge in [-0.2, -0.15) is 5.10 Å². The van der Waals surface area contributed by atoms with Crippen molar-refractivity contribution in [1.82, 2.24) is 14.2 Å². The molecule has 4 nitrogen and oxygen atoms in total. The van der Waals surface area contributed by atoms with Crippen molar-refractivity contribution in [2.24, 2.45) is 7.05 Å². The first-order chi connectivity index (χ1) is 7.70. The van der Waals surface area contributed by atoms with Gasteiger partial charge in [0.1, 0.15) is 5.52 Å². The first-order valence-electron chi connectivity index (χ1n) is 5.70. The lowest BCUT2D eigenvalue weighted by molar-refractivity contribution is 0.820. The Bertz CT molecular complexity index is 482. The van der Waals surface area contributed by atoms with Crippen molar-refractivity contribution in [3.8, 4) is 0 Å². The molecule has 0 saturated carbocycles. The molecule has 2 rings (SSSR count). The lowest BCUT2D eigenvalue weighted by atomic mass is 10.3. The molecule has 0 atom stereocenters. The minimum absolute atomic E-state index is 0.00694. The molecule has 4 heteroatoms. The van der Waals surface area contributed by atoms with E-state index in [4.69, 9.17) is 0 Å². The van der Waals surface area contributed by atoms with Gasteiger partial charge >= 0.3 is 0 Å². The van der Waals surface area contributed by atoms with Crippen LogP contribution in [0.4, 0.5) is 0 Å². The van der Waals surface area contributed by atoms with Crippen LogP contribution in [0.15, 0.2) is 23.4 Å². The van der Waals surface area contributed by atoms with Crippen LogP contribution in [0.25, 0.3) is 5.52 Å². The lowest BCUT2D eigenvalue weighted by Crippen LogP contribution is -2.18. The van der Waals surface area contributed by atoms with Gasteiger partial charge in [-0.25, -0.2) is 4.52 Å². The highest BCUT2D eigenvalue weighted by Crippen LogP contribution is 2.01. The summed E-state index contributed by atoms with van der Waals surface area (Å²) in [5.74, 6) is 0. The molecule has 2 heterocycles. The van der Waals surface area contributed by atoms with Gasteiger partial charge in [0.05, 0.1) is 6.20 Å². The summed E-state index contributed by atoms with van der Waals surface area (Å²) in [7, 11) is 1.73. The fourth-order valence-electron chi connectivity index (χ4n) is 1.23. The molecular formula is C12H21N3O. The monoisotopic (exact) mass is 223 g/mol. The van der Waals surface area contributed by atoms with Gasteiger partial charge in [-0.1, -0.05) is 27.7 Å². The highest BCUT2D eigenvalue weighted by Gasteiger charge is 2.03. The van der Waals surface area contributed by atoms with E-state index in [0.717, 1.165) is 5.56 Å². The third-order valence-corrected chi connectivity index (χ3v) is 1.93. The van der Waals surface area contributed by atoms with Crippen LogP contribution in [0.3, 0.4) is 0 Å². The number of aryl methyl sites for hydroxylation is 2. The molecule has 0 spiro atoms. The van der Waals surface area contributed by atoms with Crippen molar-refractivity contribution >= 4 is 5.52 Å². The van der Waals surface area contributed by atoms with E-state index in [9.17, 15) is 4.79 Å². The molecule has 90 valence electrons. The molecule has 0 N–H and O–H groups in total. The Balaban J connectivity index is 0.000000509. The molecule has 0 bridgehead atoms. The predicted octanol–water partition coefficient (Wildman–Crippen LogP) is 2.39. The Morgan fingerprint density at radius 3 is 2.25 bits per heavy atom. The van der Waals surface area contributed by atoms with E-state index in [2.05, 4.69) is 5.10 Å². The Morgan fingerprint density at radius 1 is 1.12 bits per heavy atom. The maximum Gasteiger partial charge on any atom is 0.276 e. The van der Waals surface area contributed by atoms with Gasteiger partial charge in [-0.3, -0.25) is 4.79 Å². The van der Waals surface area contributed by atoms with Crippen LogP contribution in [0.2, 0.25) is 0 Å². The highest BCUT2D eigenvalue weighted by atomic mass is 16.1. The largest absolute Gasteiger partial charge is 0.315 e. The molecule has 0 aromatic carbocycles. The quantitative estimate of drug-likeness (QED) is 0.688. The van der Waals surface area contributed by atoms with Crippen molar-refractivity contribution in [3.63, 3.8) is 0 Å². The van der Waals surface area contributed by atoms with Crippen LogP contribution in [0, 0.1) is 6.92 Å². The molecule has 0 aliphatic carbocycles.